The van der Waals surface area contributed by atoms with E-state index in [-0.39, 0.29) is 12.1 Å². The van der Waals surface area contributed by atoms with E-state index in [0.717, 1.165) is 36.0 Å². The first-order chi connectivity index (χ1) is 11.6. The summed E-state index contributed by atoms with van der Waals surface area (Å²) in [4.78, 5) is 14.7. The third-order valence-electron chi connectivity index (χ3n) is 4.29. The first kappa shape index (κ1) is 17.2. The summed E-state index contributed by atoms with van der Waals surface area (Å²) >= 11 is 2.17. The molecular formula is C19H21IN2O2. The lowest BCUT2D eigenvalue weighted by Crippen LogP contribution is -2.37. The van der Waals surface area contributed by atoms with Gasteiger partial charge in [0.15, 0.2) is 0 Å². The lowest BCUT2D eigenvalue weighted by molar-refractivity contribution is 0.0105. The highest BCUT2D eigenvalue weighted by molar-refractivity contribution is 14.1. The summed E-state index contributed by atoms with van der Waals surface area (Å²) in [6.45, 7) is 2.83. The monoisotopic (exact) mass is 436 g/mol. The molecule has 2 aromatic rings. The number of anilines is 1. The molecule has 1 fully saturated rings. The van der Waals surface area contributed by atoms with Gasteiger partial charge >= 0.3 is 5.97 Å². The lowest BCUT2D eigenvalue weighted by atomic mass is 10.1. The molecule has 24 heavy (non-hydrogen) atoms. The number of benzene rings is 2. The molecule has 126 valence electrons. The quantitative estimate of drug-likeness (QED) is 0.451. The lowest BCUT2D eigenvalue weighted by Gasteiger charge is -2.31. The number of ether oxygens (including phenoxy) is 1. The van der Waals surface area contributed by atoms with Crippen LogP contribution in [0.3, 0.4) is 0 Å². The summed E-state index contributed by atoms with van der Waals surface area (Å²) in [5.41, 5.74) is 8.18. The Morgan fingerprint density at radius 2 is 1.88 bits per heavy atom. The Hall–Kier alpha value is -1.60. The topological polar surface area (TPSA) is 55.6 Å². The number of nitrogen functional groups attached to an aromatic ring is 1. The van der Waals surface area contributed by atoms with Crippen LogP contribution in [-0.2, 0) is 11.3 Å². The molecule has 1 saturated heterocycles. The summed E-state index contributed by atoms with van der Waals surface area (Å²) in [5.74, 6) is -0.314. The molecule has 4 nitrogen and oxygen atoms in total. The van der Waals surface area contributed by atoms with Gasteiger partial charge < -0.3 is 10.5 Å². The summed E-state index contributed by atoms with van der Waals surface area (Å²) < 4.78 is 6.66. The number of hydrogen-bond donors (Lipinski definition) is 1. The minimum Gasteiger partial charge on any atom is -0.459 e. The van der Waals surface area contributed by atoms with Crippen LogP contribution in [-0.4, -0.2) is 30.1 Å². The van der Waals surface area contributed by atoms with Gasteiger partial charge in [-0.25, -0.2) is 4.79 Å². The fourth-order valence-electron chi connectivity index (χ4n) is 2.96. The van der Waals surface area contributed by atoms with Crippen molar-refractivity contribution >= 4 is 34.2 Å². The van der Waals surface area contributed by atoms with E-state index in [9.17, 15) is 4.79 Å². The molecule has 5 heteroatoms. The van der Waals surface area contributed by atoms with E-state index in [4.69, 9.17) is 10.5 Å². The van der Waals surface area contributed by atoms with E-state index in [1.807, 2.05) is 12.1 Å². The van der Waals surface area contributed by atoms with Gasteiger partial charge in [-0.1, -0.05) is 30.3 Å². The molecule has 1 aliphatic heterocycles. The van der Waals surface area contributed by atoms with Crippen LogP contribution in [0.1, 0.15) is 28.8 Å². The van der Waals surface area contributed by atoms with Gasteiger partial charge in [0.1, 0.15) is 6.10 Å². The Morgan fingerprint density at radius 1 is 1.17 bits per heavy atom. The number of halogens is 1. The van der Waals surface area contributed by atoms with Crippen LogP contribution < -0.4 is 5.73 Å². The molecule has 1 aliphatic rings. The minimum atomic E-state index is -0.314. The van der Waals surface area contributed by atoms with Crippen molar-refractivity contribution in [2.45, 2.75) is 25.5 Å². The average Bonchev–Trinajstić information content (AvgIpc) is 2.57. The third-order valence-corrected chi connectivity index (χ3v) is 4.96. The molecule has 2 aromatic carbocycles. The summed E-state index contributed by atoms with van der Waals surface area (Å²) in [7, 11) is 0. The van der Waals surface area contributed by atoms with Crippen LogP contribution in [0.5, 0.6) is 0 Å². The fraction of sp³-hybridized carbons (Fsp3) is 0.316. The van der Waals surface area contributed by atoms with Crippen molar-refractivity contribution in [2.75, 3.05) is 18.8 Å². The molecule has 0 bridgehead atoms. The predicted octanol–water partition coefficient (Wildman–Crippen LogP) is 3.69. The molecule has 0 spiro atoms. The molecule has 0 aromatic heterocycles. The Kier molecular flexibility index (Phi) is 5.73. The van der Waals surface area contributed by atoms with Gasteiger partial charge in [0.25, 0.3) is 0 Å². The molecule has 0 saturated carbocycles. The Labute approximate surface area is 156 Å². The van der Waals surface area contributed by atoms with Crippen molar-refractivity contribution in [1.29, 1.82) is 0 Å². The van der Waals surface area contributed by atoms with Crippen molar-refractivity contribution in [1.82, 2.24) is 4.90 Å². The molecule has 2 N–H and O–H groups in total. The second-order valence-electron chi connectivity index (χ2n) is 6.10. The molecule has 0 radical (unpaired) electrons. The maximum atomic E-state index is 12.3. The Bertz CT molecular complexity index is 698. The van der Waals surface area contributed by atoms with Crippen molar-refractivity contribution in [3.05, 3.63) is 63.2 Å². The van der Waals surface area contributed by atoms with Crippen LogP contribution in [0.15, 0.2) is 48.5 Å². The predicted molar refractivity (Wildman–Crippen MR) is 104 cm³/mol. The Balaban J connectivity index is 1.51. The molecule has 0 atom stereocenters. The van der Waals surface area contributed by atoms with Crippen molar-refractivity contribution in [3.63, 3.8) is 0 Å². The fourth-order valence-corrected chi connectivity index (χ4v) is 3.48. The van der Waals surface area contributed by atoms with Gasteiger partial charge in [0.2, 0.25) is 0 Å². The number of carbonyl (C=O) groups is 1. The summed E-state index contributed by atoms with van der Waals surface area (Å²) in [6, 6.07) is 15.9. The number of rotatable bonds is 4. The zero-order valence-electron chi connectivity index (χ0n) is 13.5. The van der Waals surface area contributed by atoms with E-state index in [1.165, 1.54) is 5.56 Å². The zero-order valence-corrected chi connectivity index (χ0v) is 15.6. The number of piperidine rings is 1. The zero-order chi connectivity index (χ0) is 16.9. The highest BCUT2D eigenvalue weighted by atomic mass is 127. The van der Waals surface area contributed by atoms with Crippen molar-refractivity contribution in [2.24, 2.45) is 0 Å². The number of esters is 1. The van der Waals surface area contributed by atoms with Crippen molar-refractivity contribution in [3.8, 4) is 0 Å². The van der Waals surface area contributed by atoms with E-state index >= 15 is 0 Å². The maximum absolute atomic E-state index is 12.3. The molecule has 0 amide bonds. The Morgan fingerprint density at radius 3 is 2.54 bits per heavy atom. The van der Waals surface area contributed by atoms with E-state index in [0.29, 0.717) is 11.3 Å². The van der Waals surface area contributed by atoms with Gasteiger partial charge in [-0.2, -0.15) is 0 Å². The molecule has 0 unspecified atom stereocenters. The van der Waals surface area contributed by atoms with Gasteiger partial charge in [-0.15, -0.1) is 0 Å². The second-order valence-corrected chi connectivity index (χ2v) is 7.34. The van der Waals surface area contributed by atoms with Crippen LogP contribution in [0.25, 0.3) is 0 Å². The molecule has 3 rings (SSSR count). The highest BCUT2D eigenvalue weighted by Crippen LogP contribution is 2.21. The molecule has 0 aliphatic carbocycles. The summed E-state index contributed by atoms with van der Waals surface area (Å²) in [6.07, 6.45) is 1.70. The van der Waals surface area contributed by atoms with Crippen molar-refractivity contribution < 1.29 is 9.53 Å². The standard InChI is InChI=1S/C19H21IN2O2/c20-15-6-7-17(18(21)12-15)19(23)24-16-8-10-22(11-9-16)13-14-4-2-1-3-5-14/h1-7,12,16H,8-11,13,21H2. The first-order valence-electron chi connectivity index (χ1n) is 8.14. The normalized spacial score (nSPS) is 16.0. The van der Waals surface area contributed by atoms with Gasteiger partial charge in [0, 0.05) is 28.9 Å². The number of nitrogens with two attached hydrogens (primary N) is 1. The van der Waals surface area contributed by atoms with E-state index < -0.39 is 0 Å². The van der Waals surface area contributed by atoms with Crippen LogP contribution in [0.4, 0.5) is 5.69 Å². The maximum Gasteiger partial charge on any atom is 0.340 e. The highest BCUT2D eigenvalue weighted by Gasteiger charge is 2.23. The minimum absolute atomic E-state index is 0.0248. The smallest absolute Gasteiger partial charge is 0.340 e. The molecular weight excluding hydrogens is 415 g/mol. The number of hydrogen-bond acceptors (Lipinski definition) is 4. The summed E-state index contributed by atoms with van der Waals surface area (Å²) in [5, 5.41) is 0. The van der Waals surface area contributed by atoms with Crippen LogP contribution >= 0.6 is 22.6 Å². The SMILES string of the molecule is Nc1cc(I)ccc1C(=O)OC1CCN(Cc2ccccc2)CC1. The number of nitrogens with zero attached hydrogens (tertiary/aromatic N) is 1. The van der Waals surface area contributed by atoms with E-state index in [2.05, 4.69) is 51.8 Å². The van der Waals surface area contributed by atoms with Gasteiger partial charge in [-0.3, -0.25) is 4.90 Å². The largest absolute Gasteiger partial charge is 0.459 e. The van der Waals surface area contributed by atoms with Crippen LogP contribution in [0.2, 0.25) is 0 Å². The van der Waals surface area contributed by atoms with Crippen LogP contribution in [0, 0.1) is 3.57 Å². The first-order valence-corrected chi connectivity index (χ1v) is 9.22. The second kappa shape index (κ2) is 7.98. The van der Waals surface area contributed by atoms with Gasteiger partial charge in [-0.05, 0) is 59.2 Å². The average molecular weight is 436 g/mol. The molecule has 1 heterocycles. The van der Waals surface area contributed by atoms with E-state index in [1.54, 1.807) is 12.1 Å². The number of likely N-dealkylation sites (tertiary alicyclic amines) is 1. The third kappa shape index (κ3) is 4.48. The van der Waals surface area contributed by atoms with Gasteiger partial charge in [0.05, 0.1) is 5.56 Å². The number of carbonyl (C=O) groups excluding carboxylic acids is 1.